The van der Waals surface area contributed by atoms with Crippen LogP contribution in [0.25, 0.3) is 0 Å². The summed E-state index contributed by atoms with van der Waals surface area (Å²) in [5.74, 6) is 0. The molecule has 1 unspecified atom stereocenters. The van der Waals surface area contributed by atoms with Crippen molar-refractivity contribution in [3.05, 3.63) is 49.3 Å². The lowest BCUT2D eigenvalue weighted by atomic mass is 10.3. The molecule has 0 bridgehead atoms. The lowest BCUT2D eigenvalue weighted by Gasteiger charge is -2.08. The van der Waals surface area contributed by atoms with E-state index in [-0.39, 0.29) is 26.2 Å². The number of nitrogens with zero attached hydrogens (tertiary/aromatic N) is 1. The van der Waals surface area contributed by atoms with Gasteiger partial charge >= 0.3 is 5.69 Å². The number of carbonyl (C=O) groups excluding carboxylic acids is 1. The van der Waals surface area contributed by atoms with E-state index < -0.39 is 16.1 Å². The SMILES string of the molecule is O=CCc1cc([N+](=O)[O-])c([S+]([O-])c2ccc(Cl)cc2Cl)s1. The third-order valence-corrected chi connectivity index (χ3v) is 6.08. The molecule has 0 spiro atoms. The predicted molar refractivity (Wildman–Crippen MR) is 81.9 cm³/mol. The van der Waals surface area contributed by atoms with Gasteiger partial charge in [0.25, 0.3) is 4.21 Å². The van der Waals surface area contributed by atoms with Crippen LogP contribution in [0, 0.1) is 10.1 Å². The Morgan fingerprint density at radius 3 is 2.62 bits per heavy atom. The number of thiophene rings is 1. The number of hydrogen-bond donors (Lipinski definition) is 0. The first-order chi connectivity index (χ1) is 9.93. The Morgan fingerprint density at radius 1 is 1.33 bits per heavy atom. The number of rotatable bonds is 5. The van der Waals surface area contributed by atoms with Gasteiger partial charge in [-0.25, -0.2) is 0 Å². The normalized spacial score (nSPS) is 12.1. The van der Waals surface area contributed by atoms with Gasteiger partial charge < -0.3 is 9.35 Å². The van der Waals surface area contributed by atoms with Gasteiger partial charge in [0.15, 0.2) is 4.90 Å². The largest absolute Gasteiger partial charge is 0.606 e. The first-order valence-corrected chi connectivity index (χ1v) is 8.24. The Kier molecular flexibility index (Phi) is 5.23. The summed E-state index contributed by atoms with van der Waals surface area (Å²) in [6, 6.07) is 5.65. The minimum absolute atomic E-state index is 0.0387. The molecule has 1 atom stereocenters. The number of nitro groups is 1. The Labute approximate surface area is 136 Å². The molecule has 2 aromatic rings. The molecule has 2 rings (SSSR count). The Hall–Kier alpha value is -1.12. The van der Waals surface area contributed by atoms with Crippen molar-refractivity contribution in [2.75, 3.05) is 0 Å². The van der Waals surface area contributed by atoms with Gasteiger partial charge in [0, 0.05) is 33.6 Å². The van der Waals surface area contributed by atoms with E-state index in [4.69, 9.17) is 23.2 Å². The molecule has 1 heterocycles. The second kappa shape index (κ2) is 6.76. The average Bonchev–Trinajstić information content (AvgIpc) is 2.82. The van der Waals surface area contributed by atoms with Gasteiger partial charge in [-0.2, -0.15) is 0 Å². The van der Waals surface area contributed by atoms with Crippen molar-refractivity contribution < 1.29 is 14.3 Å². The van der Waals surface area contributed by atoms with E-state index in [0.29, 0.717) is 16.2 Å². The summed E-state index contributed by atoms with van der Waals surface area (Å²) in [4.78, 5) is 21.7. The first kappa shape index (κ1) is 16.3. The van der Waals surface area contributed by atoms with E-state index in [1.807, 2.05) is 0 Å². The van der Waals surface area contributed by atoms with Crippen LogP contribution in [-0.4, -0.2) is 15.8 Å². The summed E-state index contributed by atoms with van der Waals surface area (Å²) in [5, 5.41) is 11.6. The minimum atomic E-state index is -1.81. The van der Waals surface area contributed by atoms with Crippen LogP contribution >= 0.6 is 34.5 Å². The monoisotopic (exact) mass is 363 g/mol. The van der Waals surface area contributed by atoms with Gasteiger partial charge in [0.05, 0.1) is 9.95 Å². The van der Waals surface area contributed by atoms with E-state index in [1.54, 1.807) is 0 Å². The van der Waals surface area contributed by atoms with Gasteiger partial charge in [0.1, 0.15) is 6.29 Å². The minimum Gasteiger partial charge on any atom is -0.606 e. The standard InChI is InChI=1S/C12H7Cl2NO4S2/c13-7-1-2-11(9(14)5-7)21(19)12-10(15(17)18)6-8(20-12)3-4-16/h1-2,4-6H,3H2. The van der Waals surface area contributed by atoms with E-state index in [1.165, 1.54) is 24.3 Å². The lowest BCUT2D eigenvalue weighted by Crippen LogP contribution is -2.03. The number of hydrogen-bond acceptors (Lipinski definition) is 5. The van der Waals surface area contributed by atoms with E-state index in [9.17, 15) is 19.5 Å². The van der Waals surface area contributed by atoms with Crippen molar-refractivity contribution in [3.8, 4) is 0 Å². The van der Waals surface area contributed by atoms with Crippen molar-refractivity contribution in [2.24, 2.45) is 0 Å². The summed E-state index contributed by atoms with van der Waals surface area (Å²) in [6.45, 7) is 0. The second-order valence-electron chi connectivity index (χ2n) is 3.86. The number of benzene rings is 1. The Morgan fingerprint density at radius 2 is 2.05 bits per heavy atom. The smallest absolute Gasteiger partial charge is 0.336 e. The predicted octanol–water partition coefficient (Wildman–Crippen LogP) is 3.87. The summed E-state index contributed by atoms with van der Waals surface area (Å²) in [5.41, 5.74) is -0.277. The molecule has 0 aliphatic heterocycles. The van der Waals surface area contributed by atoms with E-state index >= 15 is 0 Å². The molecule has 1 aromatic carbocycles. The van der Waals surface area contributed by atoms with Gasteiger partial charge in [-0.15, -0.1) is 0 Å². The highest BCUT2D eigenvalue weighted by molar-refractivity contribution is 7.93. The Bertz CT molecular complexity index is 705. The fourth-order valence-corrected chi connectivity index (χ4v) is 4.84. The number of aldehydes is 1. The second-order valence-corrected chi connectivity index (χ2v) is 7.48. The van der Waals surface area contributed by atoms with Crippen molar-refractivity contribution in [2.45, 2.75) is 15.5 Å². The molecule has 21 heavy (non-hydrogen) atoms. The average molecular weight is 364 g/mol. The van der Waals surface area contributed by atoms with Crippen LogP contribution in [0.3, 0.4) is 0 Å². The van der Waals surface area contributed by atoms with E-state index in [0.717, 1.165) is 11.3 Å². The van der Waals surface area contributed by atoms with Crippen molar-refractivity contribution in [3.63, 3.8) is 0 Å². The zero-order valence-corrected chi connectivity index (χ0v) is 13.4. The number of carbonyl (C=O) groups is 1. The van der Waals surface area contributed by atoms with Gasteiger partial charge in [0.2, 0.25) is 0 Å². The molecule has 0 saturated carbocycles. The zero-order valence-electron chi connectivity index (χ0n) is 10.2. The summed E-state index contributed by atoms with van der Waals surface area (Å²) in [6.07, 6.45) is 0.675. The van der Waals surface area contributed by atoms with Crippen molar-refractivity contribution >= 4 is 57.7 Å². The zero-order chi connectivity index (χ0) is 15.6. The highest BCUT2D eigenvalue weighted by atomic mass is 35.5. The summed E-state index contributed by atoms with van der Waals surface area (Å²) < 4.78 is 12.6. The number of halogens is 2. The molecule has 0 N–H and O–H groups in total. The maximum atomic E-state index is 12.5. The van der Waals surface area contributed by atoms with Gasteiger partial charge in [-0.3, -0.25) is 10.1 Å². The molecule has 5 nitrogen and oxygen atoms in total. The summed E-state index contributed by atoms with van der Waals surface area (Å²) in [7, 11) is 0. The van der Waals surface area contributed by atoms with Gasteiger partial charge in [-0.1, -0.05) is 34.5 Å². The maximum Gasteiger partial charge on any atom is 0.336 e. The molecule has 0 fully saturated rings. The molecule has 9 heteroatoms. The molecular weight excluding hydrogens is 357 g/mol. The molecule has 0 amide bonds. The molecule has 0 aliphatic rings. The topological polar surface area (TPSA) is 83.3 Å². The van der Waals surface area contributed by atoms with E-state index in [2.05, 4.69) is 0 Å². The molecule has 1 aromatic heterocycles. The highest BCUT2D eigenvalue weighted by Gasteiger charge is 2.32. The molecule has 110 valence electrons. The molecular formula is C12H7Cl2NO4S2. The van der Waals surface area contributed by atoms with Crippen LogP contribution in [0.15, 0.2) is 33.4 Å². The first-order valence-electron chi connectivity index (χ1n) is 5.51. The maximum absolute atomic E-state index is 12.5. The van der Waals surface area contributed by atoms with Crippen LogP contribution in [-0.2, 0) is 22.4 Å². The third kappa shape index (κ3) is 3.56. The van der Waals surface area contributed by atoms with Crippen LogP contribution in [0.4, 0.5) is 5.69 Å². The molecule has 0 saturated heterocycles. The van der Waals surface area contributed by atoms with Crippen molar-refractivity contribution in [1.29, 1.82) is 0 Å². The fraction of sp³-hybridized carbons (Fsp3) is 0.0833. The lowest BCUT2D eigenvalue weighted by molar-refractivity contribution is -0.387. The van der Waals surface area contributed by atoms with Gasteiger partial charge in [-0.05, 0) is 18.2 Å². The third-order valence-electron chi connectivity index (χ3n) is 2.47. The van der Waals surface area contributed by atoms with Crippen LogP contribution in [0.1, 0.15) is 4.88 Å². The van der Waals surface area contributed by atoms with Crippen molar-refractivity contribution in [1.82, 2.24) is 0 Å². The Balaban J connectivity index is 2.48. The summed E-state index contributed by atoms with van der Waals surface area (Å²) >= 11 is 10.9. The molecule has 0 radical (unpaired) electrons. The highest BCUT2D eigenvalue weighted by Crippen LogP contribution is 2.39. The van der Waals surface area contributed by atoms with Crippen LogP contribution in [0.5, 0.6) is 0 Å². The quantitative estimate of drug-likeness (QED) is 0.349. The fourth-order valence-electron chi connectivity index (χ4n) is 1.58. The van der Waals surface area contributed by atoms with Crippen LogP contribution < -0.4 is 0 Å². The van der Waals surface area contributed by atoms with Crippen LogP contribution in [0.2, 0.25) is 10.0 Å². The molecule has 0 aliphatic carbocycles.